The van der Waals surface area contributed by atoms with E-state index in [0.29, 0.717) is 0 Å². The first kappa shape index (κ1) is 14.3. The van der Waals surface area contributed by atoms with Crippen molar-refractivity contribution in [3.63, 3.8) is 0 Å². The Morgan fingerprint density at radius 1 is 1.05 bits per heavy atom. The molecule has 2 atom stereocenters. The van der Waals surface area contributed by atoms with Crippen molar-refractivity contribution < 1.29 is 5.11 Å². The molecule has 0 aliphatic carbocycles. The van der Waals surface area contributed by atoms with Gasteiger partial charge in [-0.05, 0) is 24.6 Å². The van der Waals surface area contributed by atoms with E-state index in [0.717, 1.165) is 25.9 Å². The maximum Gasteiger partial charge on any atom is 0.0780 e. The van der Waals surface area contributed by atoms with Gasteiger partial charge in [-0.2, -0.15) is 0 Å². The number of rotatable bonds is 3. The third-order valence-corrected chi connectivity index (χ3v) is 4.62. The lowest BCUT2D eigenvalue weighted by atomic mass is 9.73. The molecule has 2 nitrogen and oxygen atoms in total. The van der Waals surface area contributed by atoms with Crippen molar-refractivity contribution in [1.82, 2.24) is 4.90 Å². The summed E-state index contributed by atoms with van der Waals surface area (Å²) in [5.74, 6) is 0.164. The lowest BCUT2D eigenvalue weighted by molar-refractivity contribution is -0.0360. The Hall–Kier alpha value is -1.64. The van der Waals surface area contributed by atoms with Crippen molar-refractivity contribution in [2.45, 2.75) is 24.4 Å². The van der Waals surface area contributed by atoms with Crippen molar-refractivity contribution in [3.05, 3.63) is 71.8 Å². The van der Waals surface area contributed by atoms with Crippen LogP contribution >= 0.6 is 0 Å². The standard InChI is InChI=1S/C19H23NO/c1-20-13-12-19(21,14-16-8-4-2-5-9-16)18(15-20)17-10-6-3-7-11-17/h2-11,18,21H,12-15H2,1H3. The number of nitrogens with zero attached hydrogens (tertiary/aromatic N) is 1. The summed E-state index contributed by atoms with van der Waals surface area (Å²) >= 11 is 0. The first-order valence-electron chi connectivity index (χ1n) is 7.67. The van der Waals surface area contributed by atoms with Gasteiger partial charge >= 0.3 is 0 Å². The van der Waals surface area contributed by atoms with Gasteiger partial charge < -0.3 is 10.0 Å². The maximum atomic E-state index is 11.3. The minimum absolute atomic E-state index is 0.164. The molecule has 0 spiro atoms. The molecule has 1 fully saturated rings. The second-order valence-electron chi connectivity index (χ2n) is 6.24. The molecule has 0 bridgehead atoms. The van der Waals surface area contributed by atoms with Crippen molar-refractivity contribution in [2.24, 2.45) is 0 Å². The van der Waals surface area contributed by atoms with Gasteiger partial charge in [-0.25, -0.2) is 0 Å². The zero-order chi connectivity index (χ0) is 14.7. The van der Waals surface area contributed by atoms with Gasteiger partial charge in [0.15, 0.2) is 0 Å². The zero-order valence-corrected chi connectivity index (χ0v) is 12.6. The highest BCUT2D eigenvalue weighted by atomic mass is 16.3. The first-order chi connectivity index (χ1) is 10.2. The molecule has 21 heavy (non-hydrogen) atoms. The quantitative estimate of drug-likeness (QED) is 0.934. The summed E-state index contributed by atoms with van der Waals surface area (Å²) in [5, 5.41) is 11.3. The molecule has 0 radical (unpaired) electrons. The molecular formula is C19H23NO. The Morgan fingerprint density at radius 3 is 2.33 bits per heavy atom. The van der Waals surface area contributed by atoms with Crippen LogP contribution in [0.3, 0.4) is 0 Å². The average molecular weight is 281 g/mol. The first-order valence-corrected chi connectivity index (χ1v) is 7.67. The maximum absolute atomic E-state index is 11.3. The number of hydrogen-bond donors (Lipinski definition) is 1. The zero-order valence-electron chi connectivity index (χ0n) is 12.6. The van der Waals surface area contributed by atoms with E-state index in [-0.39, 0.29) is 5.92 Å². The van der Waals surface area contributed by atoms with Gasteiger partial charge in [-0.3, -0.25) is 0 Å². The molecule has 1 saturated heterocycles. The minimum Gasteiger partial charge on any atom is -0.389 e. The SMILES string of the molecule is CN1CCC(O)(Cc2ccccc2)C(c2ccccc2)C1. The molecule has 1 heterocycles. The molecule has 1 aliphatic heterocycles. The predicted molar refractivity (Wildman–Crippen MR) is 86.4 cm³/mol. The highest BCUT2D eigenvalue weighted by molar-refractivity contribution is 5.27. The van der Waals surface area contributed by atoms with Gasteiger partial charge in [0.05, 0.1) is 5.60 Å². The molecule has 0 aromatic heterocycles. The number of likely N-dealkylation sites (tertiary alicyclic amines) is 1. The van der Waals surface area contributed by atoms with Crippen LogP contribution in [0.5, 0.6) is 0 Å². The van der Waals surface area contributed by atoms with E-state index in [2.05, 4.69) is 48.3 Å². The molecule has 1 aliphatic rings. The molecule has 0 amide bonds. The van der Waals surface area contributed by atoms with Gasteiger partial charge in [0.1, 0.15) is 0 Å². The highest BCUT2D eigenvalue weighted by Gasteiger charge is 2.41. The van der Waals surface area contributed by atoms with E-state index < -0.39 is 5.60 Å². The van der Waals surface area contributed by atoms with E-state index >= 15 is 0 Å². The number of benzene rings is 2. The lowest BCUT2D eigenvalue weighted by Gasteiger charge is -2.44. The minimum atomic E-state index is -0.658. The molecule has 0 saturated carbocycles. The van der Waals surface area contributed by atoms with E-state index in [1.165, 1.54) is 11.1 Å². The monoisotopic (exact) mass is 281 g/mol. The largest absolute Gasteiger partial charge is 0.389 e. The van der Waals surface area contributed by atoms with Crippen LogP contribution in [-0.4, -0.2) is 35.7 Å². The highest BCUT2D eigenvalue weighted by Crippen LogP contribution is 2.37. The summed E-state index contributed by atoms with van der Waals surface area (Å²) in [4.78, 5) is 2.32. The Bertz CT molecular complexity index is 569. The van der Waals surface area contributed by atoms with Crippen LogP contribution in [0.2, 0.25) is 0 Å². The number of likely N-dealkylation sites (N-methyl/N-ethyl adjacent to an activating group) is 1. The molecule has 2 aromatic carbocycles. The molecule has 1 N–H and O–H groups in total. The van der Waals surface area contributed by atoms with Crippen molar-refractivity contribution in [2.75, 3.05) is 20.1 Å². The second kappa shape index (κ2) is 6.00. The predicted octanol–water partition coefficient (Wildman–Crippen LogP) is 3.08. The fourth-order valence-corrected chi connectivity index (χ4v) is 3.39. The summed E-state index contributed by atoms with van der Waals surface area (Å²) in [7, 11) is 2.14. The van der Waals surface area contributed by atoms with Gasteiger partial charge in [0.2, 0.25) is 0 Å². The van der Waals surface area contributed by atoms with Gasteiger partial charge in [-0.1, -0.05) is 60.7 Å². The van der Waals surface area contributed by atoms with E-state index in [1.54, 1.807) is 0 Å². The normalized spacial score (nSPS) is 26.7. The average Bonchev–Trinajstić information content (AvgIpc) is 2.52. The van der Waals surface area contributed by atoms with E-state index in [1.807, 2.05) is 24.3 Å². The van der Waals surface area contributed by atoms with Crippen LogP contribution in [-0.2, 0) is 6.42 Å². The van der Waals surface area contributed by atoms with Crippen LogP contribution in [0.4, 0.5) is 0 Å². The summed E-state index contributed by atoms with van der Waals surface area (Å²) in [6.45, 7) is 1.86. The van der Waals surface area contributed by atoms with E-state index in [4.69, 9.17) is 0 Å². The molecule has 2 heteroatoms. The Labute approximate surface area is 127 Å². The Morgan fingerprint density at radius 2 is 1.67 bits per heavy atom. The van der Waals surface area contributed by atoms with Gasteiger partial charge in [0.25, 0.3) is 0 Å². The van der Waals surface area contributed by atoms with Crippen molar-refractivity contribution in [3.8, 4) is 0 Å². The summed E-state index contributed by atoms with van der Waals surface area (Å²) in [6.07, 6.45) is 1.54. The Balaban J connectivity index is 1.90. The molecule has 110 valence electrons. The number of piperidine rings is 1. The third-order valence-electron chi connectivity index (χ3n) is 4.62. The van der Waals surface area contributed by atoms with Gasteiger partial charge in [-0.15, -0.1) is 0 Å². The second-order valence-corrected chi connectivity index (χ2v) is 6.24. The number of hydrogen-bond acceptors (Lipinski definition) is 2. The van der Waals surface area contributed by atoms with Crippen LogP contribution in [0.15, 0.2) is 60.7 Å². The lowest BCUT2D eigenvalue weighted by Crippen LogP contribution is -2.50. The molecule has 2 unspecified atom stereocenters. The molecule has 3 rings (SSSR count). The van der Waals surface area contributed by atoms with Crippen molar-refractivity contribution >= 4 is 0 Å². The summed E-state index contributed by atoms with van der Waals surface area (Å²) in [5.41, 5.74) is 1.79. The van der Waals surface area contributed by atoms with Crippen LogP contribution in [0.1, 0.15) is 23.5 Å². The summed E-state index contributed by atoms with van der Waals surface area (Å²) in [6, 6.07) is 20.8. The topological polar surface area (TPSA) is 23.5 Å². The fraction of sp³-hybridized carbons (Fsp3) is 0.368. The molecule has 2 aromatic rings. The van der Waals surface area contributed by atoms with Crippen molar-refractivity contribution in [1.29, 1.82) is 0 Å². The fourth-order valence-electron chi connectivity index (χ4n) is 3.39. The van der Waals surface area contributed by atoms with Crippen LogP contribution in [0, 0.1) is 0 Å². The Kier molecular flexibility index (Phi) is 4.09. The summed E-state index contributed by atoms with van der Waals surface area (Å²) < 4.78 is 0. The third kappa shape index (κ3) is 3.17. The van der Waals surface area contributed by atoms with E-state index in [9.17, 15) is 5.11 Å². The van der Waals surface area contributed by atoms with Crippen LogP contribution in [0.25, 0.3) is 0 Å². The van der Waals surface area contributed by atoms with Crippen LogP contribution < -0.4 is 0 Å². The van der Waals surface area contributed by atoms with Gasteiger partial charge in [0, 0.05) is 25.4 Å². The number of aliphatic hydroxyl groups is 1. The molecular weight excluding hydrogens is 258 g/mol. The smallest absolute Gasteiger partial charge is 0.0780 e.